The second-order valence-corrected chi connectivity index (χ2v) is 8.40. The zero-order valence-electron chi connectivity index (χ0n) is 15.0. The third-order valence-corrected chi connectivity index (χ3v) is 5.10. The first-order valence-electron chi connectivity index (χ1n) is 9.00. The summed E-state index contributed by atoms with van der Waals surface area (Å²) < 4.78 is 5.36. The molecule has 4 nitrogen and oxygen atoms in total. The Labute approximate surface area is 135 Å². The topological polar surface area (TPSA) is 50.4 Å². The van der Waals surface area contributed by atoms with E-state index in [-0.39, 0.29) is 6.09 Å². The van der Waals surface area contributed by atoms with E-state index in [0.29, 0.717) is 23.5 Å². The summed E-state index contributed by atoms with van der Waals surface area (Å²) in [5.41, 5.74) is -0.0494. The minimum atomic E-state index is -0.414. The maximum atomic E-state index is 11.9. The lowest BCUT2D eigenvalue weighted by atomic mass is 9.82. The quantitative estimate of drug-likeness (QED) is 0.807. The summed E-state index contributed by atoms with van der Waals surface area (Å²) in [6.45, 7) is 10.2. The highest BCUT2D eigenvalue weighted by Crippen LogP contribution is 2.56. The second kappa shape index (κ2) is 6.77. The van der Waals surface area contributed by atoms with Gasteiger partial charge >= 0.3 is 6.09 Å². The largest absolute Gasteiger partial charge is 0.444 e. The van der Waals surface area contributed by atoms with Gasteiger partial charge in [-0.1, -0.05) is 13.3 Å². The van der Waals surface area contributed by atoms with E-state index in [1.807, 2.05) is 20.8 Å². The summed E-state index contributed by atoms with van der Waals surface area (Å²) in [4.78, 5) is 11.9. The van der Waals surface area contributed by atoms with Crippen LogP contribution in [0.3, 0.4) is 0 Å². The molecule has 0 saturated heterocycles. The van der Waals surface area contributed by atoms with Crippen molar-refractivity contribution < 1.29 is 9.53 Å². The number of rotatable bonds is 5. The molecule has 0 heterocycles. The molecule has 2 N–H and O–H groups in total. The van der Waals surface area contributed by atoms with Crippen LogP contribution in [-0.2, 0) is 4.74 Å². The molecule has 2 aliphatic rings. The van der Waals surface area contributed by atoms with Crippen molar-refractivity contribution in [1.29, 1.82) is 0 Å². The Morgan fingerprint density at radius 2 is 1.95 bits per heavy atom. The van der Waals surface area contributed by atoms with Gasteiger partial charge in [-0.05, 0) is 71.6 Å². The Morgan fingerprint density at radius 3 is 2.50 bits per heavy atom. The summed E-state index contributed by atoms with van der Waals surface area (Å²) in [6.07, 6.45) is 8.29. The maximum absolute atomic E-state index is 11.9. The third kappa shape index (κ3) is 4.87. The van der Waals surface area contributed by atoms with Crippen molar-refractivity contribution in [2.75, 3.05) is 0 Å². The molecular formula is C18H34N2O2. The third-order valence-electron chi connectivity index (χ3n) is 5.10. The standard InChI is InChI=1S/C18H34N2O2/c1-6-7-13(2)19-14-8-10-18(11-9-14)12-15(18)20-16(21)22-17(3,4)5/h13-15,19H,6-12H2,1-5H3,(H,20,21). The van der Waals surface area contributed by atoms with Crippen molar-refractivity contribution in [2.45, 2.75) is 103 Å². The van der Waals surface area contributed by atoms with Gasteiger partial charge in [0.25, 0.3) is 0 Å². The Morgan fingerprint density at radius 1 is 1.32 bits per heavy atom. The second-order valence-electron chi connectivity index (χ2n) is 8.40. The van der Waals surface area contributed by atoms with Gasteiger partial charge in [0, 0.05) is 18.1 Å². The van der Waals surface area contributed by atoms with Gasteiger partial charge in [0.1, 0.15) is 5.60 Å². The molecule has 2 aliphatic carbocycles. The fourth-order valence-electron chi connectivity index (χ4n) is 3.83. The van der Waals surface area contributed by atoms with E-state index in [0.717, 1.165) is 6.42 Å². The number of ether oxygens (including phenoxy) is 1. The summed E-state index contributed by atoms with van der Waals surface area (Å²) in [5, 5.41) is 6.83. The molecule has 2 atom stereocenters. The van der Waals surface area contributed by atoms with E-state index in [1.54, 1.807) is 0 Å². The first kappa shape index (κ1) is 17.6. The van der Waals surface area contributed by atoms with Crippen LogP contribution in [0.4, 0.5) is 4.79 Å². The highest BCUT2D eigenvalue weighted by molar-refractivity contribution is 5.68. The van der Waals surface area contributed by atoms with Crippen LogP contribution in [0.2, 0.25) is 0 Å². The predicted molar refractivity (Wildman–Crippen MR) is 90.0 cm³/mol. The van der Waals surface area contributed by atoms with Crippen molar-refractivity contribution in [3.8, 4) is 0 Å². The first-order valence-corrected chi connectivity index (χ1v) is 9.00. The normalized spacial score (nSPS) is 32.6. The highest BCUT2D eigenvalue weighted by atomic mass is 16.6. The zero-order chi connectivity index (χ0) is 16.4. The highest BCUT2D eigenvalue weighted by Gasteiger charge is 2.56. The van der Waals surface area contributed by atoms with Crippen LogP contribution in [0.15, 0.2) is 0 Å². The van der Waals surface area contributed by atoms with E-state index < -0.39 is 5.60 Å². The lowest BCUT2D eigenvalue weighted by Crippen LogP contribution is -2.41. The lowest BCUT2D eigenvalue weighted by Gasteiger charge is -2.32. The Bertz CT molecular complexity index is 381. The molecule has 0 aromatic carbocycles. The van der Waals surface area contributed by atoms with Gasteiger partial charge in [0.15, 0.2) is 0 Å². The molecule has 128 valence electrons. The molecule has 0 aromatic heterocycles. The number of hydrogen-bond donors (Lipinski definition) is 2. The molecule has 2 saturated carbocycles. The monoisotopic (exact) mass is 310 g/mol. The van der Waals surface area contributed by atoms with Crippen LogP contribution in [0.1, 0.15) is 79.6 Å². The van der Waals surface area contributed by atoms with E-state index >= 15 is 0 Å². The Hall–Kier alpha value is -0.770. The summed E-state index contributed by atoms with van der Waals surface area (Å²) in [7, 11) is 0. The van der Waals surface area contributed by atoms with Crippen molar-refractivity contribution >= 4 is 6.09 Å². The number of carbonyl (C=O) groups excluding carboxylic acids is 1. The number of nitrogens with one attached hydrogen (secondary N) is 2. The Kier molecular flexibility index (Phi) is 5.41. The van der Waals surface area contributed by atoms with Gasteiger partial charge in [0.2, 0.25) is 0 Å². The van der Waals surface area contributed by atoms with Crippen molar-refractivity contribution in [3.05, 3.63) is 0 Å². The molecule has 1 spiro atoms. The van der Waals surface area contributed by atoms with Gasteiger partial charge in [0.05, 0.1) is 0 Å². The van der Waals surface area contributed by atoms with Crippen LogP contribution < -0.4 is 10.6 Å². The van der Waals surface area contributed by atoms with E-state index in [2.05, 4.69) is 24.5 Å². The van der Waals surface area contributed by atoms with Gasteiger partial charge in [-0.15, -0.1) is 0 Å². The van der Waals surface area contributed by atoms with Crippen molar-refractivity contribution in [3.63, 3.8) is 0 Å². The van der Waals surface area contributed by atoms with E-state index in [9.17, 15) is 4.79 Å². The Balaban J connectivity index is 1.70. The molecule has 0 aromatic rings. The number of hydrogen-bond acceptors (Lipinski definition) is 3. The summed E-state index contributed by atoms with van der Waals surface area (Å²) in [5.74, 6) is 0. The smallest absolute Gasteiger partial charge is 0.407 e. The average molecular weight is 310 g/mol. The number of amides is 1. The van der Waals surface area contributed by atoms with Crippen LogP contribution in [0.5, 0.6) is 0 Å². The average Bonchev–Trinajstić information content (AvgIpc) is 3.02. The molecular weight excluding hydrogens is 276 g/mol. The van der Waals surface area contributed by atoms with Gasteiger partial charge in [-0.2, -0.15) is 0 Å². The van der Waals surface area contributed by atoms with Crippen LogP contribution in [0, 0.1) is 5.41 Å². The molecule has 22 heavy (non-hydrogen) atoms. The zero-order valence-corrected chi connectivity index (χ0v) is 15.0. The number of carbonyl (C=O) groups is 1. The van der Waals surface area contributed by atoms with Crippen LogP contribution in [0.25, 0.3) is 0 Å². The minimum Gasteiger partial charge on any atom is -0.444 e. The molecule has 0 bridgehead atoms. The molecule has 0 aliphatic heterocycles. The van der Waals surface area contributed by atoms with Gasteiger partial charge in [-0.3, -0.25) is 0 Å². The lowest BCUT2D eigenvalue weighted by molar-refractivity contribution is 0.0511. The maximum Gasteiger partial charge on any atom is 0.407 e. The van der Waals surface area contributed by atoms with Crippen LogP contribution >= 0.6 is 0 Å². The summed E-state index contributed by atoms with van der Waals surface area (Å²) >= 11 is 0. The molecule has 1 amide bonds. The van der Waals surface area contributed by atoms with Crippen LogP contribution in [-0.4, -0.2) is 29.8 Å². The predicted octanol–water partition coefficient (Wildman–Crippen LogP) is 3.99. The molecule has 4 heteroatoms. The van der Waals surface area contributed by atoms with Gasteiger partial charge < -0.3 is 15.4 Å². The van der Waals surface area contributed by atoms with Crippen molar-refractivity contribution in [1.82, 2.24) is 10.6 Å². The molecule has 2 rings (SSSR count). The molecule has 2 fully saturated rings. The minimum absolute atomic E-state index is 0.258. The number of alkyl carbamates (subject to hydrolysis) is 1. The SMILES string of the molecule is CCCC(C)NC1CCC2(CC1)CC2NC(=O)OC(C)(C)C. The van der Waals surface area contributed by atoms with E-state index in [4.69, 9.17) is 4.74 Å². The first-order chi connectivity index (χ1) is 10.2. The summed E-state index contributed by atoms with van der Waals surface area (Å²) in [6, 6.07) is 1.62. The fraction of sp³-hybridized carbons (Fsp3) is 0.944. The molecule has 0 radical (unpaired) electrons. The van der Waals surface area contributed by atoms with Crippen molar-refractivity contribution in [2.24, 2.45) is 5.41 Å². The fourth-order valence-corrected chi connectivity index (χ4v) is 3.83. The molecule has 2 unspecified atom stereocenters. The van der Waals surface area contributed by atoms with E-state index in [1.165, 1.54) is 38.5 Å². The van der Waals surface area contributed by atoms with Gasteiger partial charge in [-0.25, -0.2) is 4.79 Å².